The highest BCUT2D eigenvalue weighted by Crippen LogP contribution is 2.59. The zero-order valence-corrected chi connectivity index (χ0v) is 9.86. The molecule has 0 spiro atoms. The zero-order valence-electron chi connectivity index (χ0n) is 9.86. The van der Waals surface area contributed by atoms with Crippen molar-refractivity contribution in [2.75, 3.05) is 13.7 Å². The molecular formula is C12H21NO2. The monoisotopic (exact) mass is 211 g/mol. The molecule has 3 nitrogen and oxygen atoms in total. The summed E-state index contributed by atoms with van der Waals surface area (Å²) in [6.07, 6.45) is 3.27. The molecule has 86 valence electrons. The van der Waals surface area contributed by atoms with Gasteiger partial charge in [0.1, 0.15) is 7.11 Å². The van der Waals surface area contributed by atoms with Crippen molar-refractivity contribution in [1.29, 1.82) is 0 Å². The molecule has 0 saturated heterocycles. The first-order valence-electron chi connectivity index (χ1n) is 5.83. The molecule has 3 fully saturated rings. The fourth-order valence-corrected chi connectivity index (χ4v) is 3.33. The quantitative estimate of drug-likeness (QED) is 0.726. The Labute approximate surface area is 91.5 Å². The Balaban J connectivity index is 2.16. The summed E-state index contributed by atoms with van der Waals surface area (Å²) < 4.78 is 0. The van der Waals surface area contributed by atoms with Gasteiger partial charge < -0.3 is 9.94 Å². The number of hydrogen-bond acceptors (Lipinski definition) is 3. The van der Waals surface area contributed by atoms with Gasteiger partial charge >= 0.3 is 0 Å². The van der Waals surface area contributed by atoms with Crippen LogP contribution in [0.25, 0.3) is 0 Å². The van der Waals surface area contributed by atoms with E-state index in [1.54, 1.807) is 7.11 Å². The highest BCUT2D eigenvalue weighted by atomic mass is 16.6. The van der Waals surface area contributed by atoms with Crippen LogP contribution in [0.3, 0.4) is 0 Å². The van der Waals surface area contributed by atoms with Crippen molar-refractivity contribution in [2.45, 2.75) is 33.1 Å². The fraction of sp³-hybridized carbons (Fsp3) is 0.917. The van der Waals surface area contributed by atoms with Crippen LogP contribution in [-0.2, 0) is 4.84 Å². The van der Waals surface area contributed by atoms with Gasteiger partial charge in [0.25, 0.3) is 0 Å². The molecular weight excluding hydrogens is 190 g/mol. The summed E-state index contributed by atoms with van der Waals surface area (Å²) in [5.74, 6) is 1.84. The van der Waals surface area contributed by atoms with Gasteiger partial charge in [-0.1, -0.05) is 19.0 Å². The van der Waals surface area contributed by atoms with Gasteiger partial charge in [-0.3, -0.25) is 0 Å². The van der Waals surface area contributed by atoms with Gasteiger partial charge in [0.05, 0.1) is 5.71 Å². The Morgan fingerprint density at radius 2 is 2.20 bits per heavy atom. The normalized spacial score (nSPS) is 40.0. The lowest BCUT2D eigenvalue weighted by molar-refractivity contribution is -0.0200. The molecule has 0 aromatic rings. The smallest absolute Gasteiger partial charge is 0.106 e. The van der Waals surface area contributed by atoms with E-state index in [0.29, 0.717) is 17.3 Å². The van der Waals surface area contributed by atoms with Gasteiger partial charge in [-0.2, -0.15) is 0 Å². The average Bonchev–Trinajstić information content (AvgIpc) is 2.20. The van der Waals surface area contributed by atoms with Crippen molar-refractivity contribution in [1.82, 2.24) is 0 Å². The summed E-state index contributed by atoms with van der Waals surface area (Å²) in [5, 5.41) is 13.2. The summed E-state index contributed by atoms with van der Waals surface area (Å²) in [5.41, 5.74) is 1.59. The highest BCUT2D eigenvalue weighted by Gasteiger charge is 2.56. The van der Waals surface area contributed by atoms with Crippen molar-refractivity contribution in [2.24, 2.45) is 28.3 Å². The SMILES string of the molecule is CO/N=C1\[C@@H](CCO)C[C@H]2C[C@@H]1C2(C)C. The van der Waals surface area contributed by atoms with Crippen LogP contribution in [0.2, 0.25) is 0 Å². The minimum Gasteiger partial charge on any atom is -0.399 e. The molecule has 0 aliphatic heterocycles. The molecule has 15 heavy (non-hydrogen) atoms. The van der Waals surface area contributed by atoms with Crippen molar-refractivity contribution >= 4 is 5.71 Å². The number of nitrogens with zero attached hydrogens (tertiary/aromatic N) is 1. The molecule has 0 unspecified atom stereocenters. The van der Waals surface area contributed by atoms with Gasteiger partial charge in [-0.15, -0.1) is 0 Å². The third-order valence-corrected chi connectivity index (χ3v) is 4.49. The van der Waals surface area contributed by atoms with E-state index in [1.807, 2.05) is 0 Å². The summed E-state index contributed by atoms with van der Waals surface area (Å²) in [4.78, 5) is 4.95. The predicted molar refractivity (Wildman–Crippen MR) is 59.6 cm³/mol. The van der Waals surface area contributed by atoms with Gasteiger partial charge in [0.2, 0.25) is 0 Å². The number of aliphatic hydroxyl groups excluding tert-OH is 1. The molecule has 0 radical (unpaired) electrons. The second-order valence-corrected chi connectivity index (χ2v) is 5.45. The Morgan fingerprint density at radius 1 is 1.47 bits per heavy atom. The summed E-state index contributed by atoms with van der Waals surface area (Å²) in [7, 11) is 1.61. The topological polar surface area (TPSA) is 41.8 Å². The van der Waals surface area contributed by atoms with E-state index in [2.05, 4.69) is 19.0 Å². The standard InChI is InChI=1S/C12H21NO2/c1-12(2)9-6-8(4-5-14)11(13-15-3)10(12)7-9/h8-10,14H,4-7H2,1-3H3/b13-11+/t8-,9-,10-/m0/s1. The van der Waals surface area contributed by atoms with E-state index in [4.69, 9.17) is 9.94 Å². The van der Waals surface area contributed by atoms with Gasteiger partial charge in [0, 0.05) is 18.4 Å². The summed E-state index contributed by atoms with van der Waals surface area (Å²) in [6.45, 7) is 4.91. The molecule has 3 aliphatic carbocycles. The second-order valence-electron chi connectivity index (χ2n) is 5.45. The second kappa shape index (κ2) is 3.78. The molecule has 3 saturated carbocycles. The van der Waals surface area contributed by atoms with E-state index in [9.17, 15) is 0 Å². The van der Waals surface area contributed by atoms with Crippen LogP contribution in [0.1, 0.15) is 33.1 Å². The highest BCUT2D eigenvalue weighted by molar-refractivity contribution is 5.91. The summed E-state index contributed by atoms with van der Waals surface area (Å²) in [6, 6.07) is 0. The third kappa shape index (κ3) is 1.57. The van der Waals surface area contributed by atoms with Crippen LogP contribution in [0.4, 0.5) is 0 Å². The van der Waals surface area contributed by atoms with Crippen molar-refractivity contribution in [3.8, 4) is 0 Å². The number of hydrogen-bond donors (Lipinski definition) is 1. The molecule has 0 aromatic carbocycles. The maximum Gasteiger partial charge on any atom is 0.106 e. The van der Waals surface area contributed by atoms with Crippen molar-refractivity contribution < 1.29 is 9.94 Å². The van der Waals surface area contributed by atoms with Crippen LogP contribution in [0, 0.1) is 23.2 Å². The molecule has 3 heteroatoms. The lowest BCUT2D eigenvalue weighted by atomic mass is 9.46. The molecule has 3 rings (SSSR count). The lowest BCUT2D eigenvalue weighted by Crippen LogP contribution is -2.56. The maximum atomic E-state index is 9.04. The van der Waals surface area contributed by atoms with Crippen LogP contribution in [0.5, 0.6) is 0 Å². The first kappa shape index (κ1) is 10.9. The number of oxime groups is 1. The Hall–Kier alpha value is -0.570. The molecule has 0 aromatic heterocycles. The molecule has 0 heterocycles. The molecule has 2 bridgehead atoms. The first-order valence-corrected chi connectivity index (χ1v) is 5.83. The predicted octanol–water partition coefficient (Wildman–Crippen LogP) is 2.05. The van der Waals surface area contributed by atoms with Crippen molar-refractivity contribution in [3.63, 3.8) is 0 Å². The van der Waals surface area contributed by atoms with Crippen LogP contribution >= 0.6 is 0 Å². The van der Waals surface area contributed by atoms with E-state index >= 15 is 0 Å². The minimum absolute atomic E-state index is 0.257. The average molecular weight is 211 g/mol. The minimum atomic E-state index is 0.257. The van der Waals surface area contributed by atoms with E-state index in [-0.39, 0.29) is 6.61 Å². The largest absolute Gasteiger partial charge is 0.399 e. The van der Waals surface area contributed by atoms with Gasteiger partial charge in [-0.05, 0) is 30.6 Å². The van der Waals surface area contributed by atoms with Crippen molar-refractivity contribution in [3.05, 3.63) is 0 Å². The maximum absolute atomic E-state index is 9.04. The molecule has 3 atom stereocenters. The van der Waals surface area contributed by atoms with E-state index in [0.717, 1.165) is 12.3 Å². The number of fused-ring (bicyclic) bond motifs is 2. The van der Waals surface area contributed by atoms with Crippen LogP contribution in [0.15, 0.2) is 5.16 Å². The fourth-order valence-electron chi connectivity index (χ4n) is 3.33. The van der Waals surface area contributed by atoms with E-state index in [1.165, 1.54) is 18.6 Å². The molecule has 0 amide bonds. The lowest BCUT2D eigenvalue weighted by Gasteiger charge is -2.58. The number of aliphatic hydroxyl groups is 1. The van der Waals surface area contributed by atoms with Gasteiger partial charge in [-0.25, -0.2) is 0 Å². The van der Waals surface area contributed by atoms with Crippen LogP contribution in [-0.4, -0.2) is 24.5 Å². The number of rotatable bonds is 3. The summed E-state index contributed by atoms with van der Waals surface area (Å²) >= 11 is 0. The first-order chi connectivity index (χ1) is 7.11. The Morgan fingerprint density at radius 3 is 2.73 bits per heavy atom. The van der Waals surface area contributed by atoms with Crippen LogP contribution < -0.4 is 0 Å². The van der Waals surface area contributed by atoms with E-state index < -0.39 is 0 Å². The Kier molecular flexibility index (Phi) is 2.75. The Bertz CT molecular complexity index is 273. The van der Waals surface area contributed by atoms with Gasteiger partial charge in [0.15, 0.2) is 0 Å². The molecule has 1 N–H and O–H groups in total. The molecule has 3 aliphatic rings. The third-order valence-electron chi connectivity index (χ3n) is 4.49. The zero-order chi connectivity index (χ0) is 11.1.